The molecule has 0 spiro atoms. The lowest BCUT2D eigenvalue weighted by Gasteiger charge is -2.23. The molecule has 224 valence electrons. The van der Waals surface area contributed by atoms with E-state index in [1.807, 2.05) is 12.1 Å². The summed E-state index contributed by atoms with van der Waals surface area (Å²) in [6.07, 6.45) is 0. The first-order valence-corrected chi connectivity index (χ1v) is 16.8. The van der Waals surface area contributed by atoms with E-state index >= 15 is 0 Å². The van der Waals surface area contributed by atoms with Crippen molar-refractivity contribution in [2.45, 2.75) is 19.3 Å². The summed E-state index contributed by atoms with van der Waals surface area (Å²) in [5.74, 6) is 0. The molecule has 0 atom stereocenters. The summed E-state index contributed by atoms with van der Waals surface area (Å²) >= 11 is 0. The third-order valence-electron chi connectivity index (χ3n) is 11.2. The number of hydrogen-bond donors (Lipinski definition) is 0. The number of rotatable bonds is 2. The molecule has 0 aliphatic heterocycles. The number of fused-ring (bicyclic) bond motifs is 7. The zero-order valence-electron chi connectivity index (χ0n) is 26.8. The molecule has 1 heterocycles. The fourth-order valence-electron chi connectivity index (χ4n) is 8.81. The molecule has 0 unspecified atom stereocenters. The molecule has 1 nitrogen and oxygen atoms in total. The molecule has 1 heteroatoms. The topological polar surface area (TPSA) is 13.1 Å². The zero-order chi connectivity index (χ0) is 31.7. The lowest BCUT2D eigenvalue weighted by atomic mass is 9.80. The Labute approximate surface area is 278 Å². The van der Waals surface area contributed by atoms with Crippen molar-refractivity contribution in [3.8, 4) is 33.4 Å². The fourth-order valence-corrected chi connectivity index (χ4v) is 8.81. The molecule has 9 aromatic carbocycles. The predicted molar refractivity (Wildman–Crippen MR) is 203 cm³/mol. The maximum atomic E-state index is 6.28. The largest absolute Gasteiger partial charge is 0.456 e. The Bertz CT molecular complexity index is 2960. The van der Waals surface area contributed by atoms with Gasteiger partial charge in [0.05, 0.1) is 0 Å². The van der Waals surface area contributed by atoms with E-state index in [0.29, 0.717) is 0 Å². The van der Waals surface area contributed by atoms with Crippen LogP contribution in [0.15, 0.2) is 150 Å². The Morgan fingerprint density at radius 1 is 0.375 bits per heavy atom. The third-order valence-corrected chi connectivity index (χ3v) is 11.2. The smallest absolute Gasteiger partial charge is 0.136 e. The summed E-state index contributed by atoms with van der Waals surface area (Å²) in [5.41, 5.74) is 12.2. The van der Waals surface area contributed by atoms with Gasteiger partial charge in [-0.25, -0.2) is 0 Å². The first-order chi connectivity index (χ1) is 23.5. The van der Waals surface area contributed by atoms with Crippen molar-refractivity contribution in [2.24, 2.45) is 0 Å². The molecular weight excluding hydrogens is 581 g/mol. The molecule has 0 saturated carbocycles. The molecule has 0 saturated heterocycles. The molecule has 0 amide bonds. The monoisotopic (exact) mass is 610 g/mol. The summed E-state index contributed by atoms with van der Waals surface area (Å²) in [6, 6.07) is 54.0. The molecule has 0 N–H and O–H groups in total. The minimum Gasteiger partial charge on any atom is -0.456 e. The molecule has 1 aliphatic rings. The van der Waals surface area contributed by atoms with Crippen molar-refractivity contribution in [1.29, 1.82) is 0 Å². The van der Waals surface area contributed by atoms with Crippen LogP contribution >= 0.6 is 0 Å². The van der Waals surface area contributed by atoms with E-state index in [2.05, 4.69) is 147 Å². The van der Waals surface area contributed by atoms with Gasteiger partial charge in [-0.15, -0.1) is 0 Å². The second-order valence-corrected chi connectivity index (χ2v) is 14.1. The van der Waals surface area contributed by atoms with Crippen molar-refractivity contribution < 1.29 is 4.42 Å². The van der Waals surface area contributed by atoms with E-state index in [1.54, 1.807) is 0 Å². The van der Waals surface area contributed by atoms with E-state index in [-0.39, 0.29) is 5.41 Å². The number of furan rings is 1. The van der Waals surface area contributed by atoms with Gasteiger partial charge >= 0.3 is 0 Å². The normalized spacial score (nSPS) is 13.8. The zero-order valence-corrected chi connectivity index (χ0v) is 26.8. The van der Waals surface area contributed by atoms with Crippen molar-refractivity contribution in [3.63, 3.8) is 0 Å². The van der Waals surface area contributed by atoms with Gasteiger partial charge in [0.1, 0.15) is 11.2 Å². The second kappa shape index (κ2) is 9.12. The summed E-state index contributed by atoms with van der Waals surface area (Å²) in [7, 11) is 0. The van der Waals surface area contributed by atoms with Crippen LogP contribution in [0.2, 0.25) is 0 Å². The first kappa shape index (κ1) is 26.2. The Balaban J connectivity index is 1.08. The Morgan fingerprint density at radius 3 is 1.90 bits per heavy atom. The lowest BCUT2D eigenvalue weighted by molar-refractivity contribution is 0.661. The predicted octanol–water partition coefficient (Wildman–Crippen LogP) is 13.3. The van der Waals surface area contributed by atoms with Crippen molar-refractivity contribution >= 4 is 65.0 Å². The van der Waals surface area contributed by atoms with Crippen LogP contribution in [0.1, 0.15) is 25.0 Å². The van der Waals surface area contributed by atoms with E-state index in [9.17, 15) is 0 Å². The maximum Gasteiger partial charge on any atom is 0.136 e. The number of hydrogen-bond acceptors (Lipinski definition) is 1. The average Bonchev–Trinajstić information content (AvgIpc) is 3.60. The SMILES string of the molecule is CC1(C)c2cc(-c3ccc4ccc5cccc6ccc3c4c56)ccc2-c2cc3c(-c4ccc5c(c4)oc4ccccc45)cccc3cc21. The van der Waals surface area contributed by atoms with Gasteiger partial charge in [0.2, 0.25) is 0 Å². The molecular formula is C47H30O. The average molecular weight is 611 g/mol. The highest BCUT2D eigenvalue weighted by Gasteiger charge is 2.36. The summed E-state index contributed by atoms with van der Waals surface area (Å²) in [6.45, 7) is 4.77. The van der Waals surface area contributed by atoms with E-state index in [1.165, 1.54) is 87.6 Å². The number of benzene rings is 9. The highest BCUT2D eigenvalue weighted by molar-refractivity contribution is 6.25. The van der Waals surface area contributed by atoms with Crippen LogP contribution < -0.4 is 0 Å². The Kier molecular flexibility index (Phi) is 4.97. The highest BCUT2D eigenvalue weighted by Crippen LogP contribution is 2.52. The molecule has 0 fully saturated rings. The molecule has 11 rings (SSSR count). The van der Waals surface area contributed by atoms with Crippen LogP contribution in [0.3, 0.4) is 0 Å². The van der Waals surface area contributed by atoms with Gasteiger partial charge in [0, 0.05) is 16.2 Å². The minimum atomic E-state index is -0.123. The Morgan fingerprint density at radius 2 is 1.00 bits per heavy atom. The molecule has 10 aromatic rings. The maximum absolute atomic E-state index is 6.28. The molecule has 0 bridgehead atoms. The fraction of sp³-hybridized carbons (Fsp3) is 0.0638. The molecule has 0 radical (unpaired) electrons. The molecule has 48 heavy (non-hydrogen) atoms. The van der Waals surface area contributed by atoms with Gasteiger partial charge < -0.3 is 4.42 Å². The summed E-state index contributed by atoms with van der Waals surface area (Å²) in [4.78, 5) is 0. The minimum absolute atomic E-state index is 0.123. The van der Waals surface area contributed by atoms with Gasteiger partial charge in [-0.05, 0) is 124 Å². The van der Waals surface area contributed by atoms with Crippen LogP contribution in [0.25, 0.3) is 98.4 Å². The summed E-state index contributed by atoms with van der Waals surface area (Å²) in [5, 5.41) is 12.8. The first-order valence-electron chi connectivity index (χ1n) is 16.8. The van der Waals surface area contributed by atoms with Crippen LogP contribution in [0.5, 0.6) is 0 Å². The lowest BCUT2D eigenvalue weighted by Crippen LogP contribution is -2.15. The van der Waals surface area contributed by atoms with Gasteiger partial charge in [0.25, 0.3) is 0 Å². The van der Waals surface area contributed by atoms with Crippen molar-refractivity contribution in [2.75, 3.05) is 0 Å². The van der Waals surface area contributed by atoms with Gasteiger partial charge in [0.15, 0.2) is 0 Å². The van der Waals surface area contributed by atoms with Gasteiger partial charge in [-0.3, -0.25) is 0 Å². The van der Waals surface area contributed by atoms with Crippen molar-refractivity contribution in [3.05, 3.63) is 157 Å². The van der Waals surface area contributed by atoms with E-state index < -0.39 is 0 Å². The van der Waals surface area contributed by atoms with Gasteiger partial charge in [-0.2, -0.15) is 0 Å². The molecule has 1 aromatic heterocycles. The standard InChI is InChI=1S/C47H30O/c1-47(2)41-24-31(34-19-15-29-14-13-27-7-5-8-28-16-22-38(34)46(29)45(27)28)17-20-35(41)40-26-39-30(23-42(40)47)9-6-11-33(39)32-18-21-37-36-10-3-4-12-43(36)48-44(37)25-32/h3-26H,1-2H3. The Hall–Kier alpha value is -5.92. The van der Waals surface area contributed by atoms with E-state index in [4.69, 9.17) is 4.42 Å². The second-order valence-electron chi connectivity index (χ2n) is 14.1. The van der Waals surface area contributed by atoms with Crippen LogP contribution in [0, 0.1) is 0 Å². The van der Waals surface area contributed by atoms with E-state index in [0.717, 1.165) is 21.9 Å². The van der Waals surface area contributed by atoms with Gasteiger partial charge in [-0.1, -0.05) is 123 Å². The van der Waals surface area contributed by atoms with Crippen LogP contribution in [-0.4, -0.2) is 0 Å². The quantitative estimate of drug-likeness (QED) is 0.178. The molecule has 1 aliphatic carbocycles. The van der Waals surface area contributed by atoms with Crippen molar-refractivity contribution in [1.82, 2.24) is 0 Å². The van der Waals surface area contributed by atoms with Crippen LogP contribution in [-0.2, 0) is 5.41 Å². The van der Waals surface area contributed by atoms with Crippen LogP contribution in [0.4, 0.5) is 0 Å². The highest BCUT2D eigenvalue weighted by atomic mass is 16.3. The third kappa shape index (κ3) is 3.40. The number of para-hydroxylation sites is 1. The summed E-state index contributed by atoms with van der Waals surface area (Å²) < 4.78 is 6.28.